The maximum Gasteiger partial charge on any atom is 0.328 e. The summed E-state index contributed by atoms with van der Waals surface area (Å²) >= 11 is 0. The first-order valence-electron chi connectivity index (χ1n) is 5.75. The average Bonchev–Trinajstić information content (AvgIpc) is 2.79. The summed E-state index contributed by atoms with van der Waals surface area (Å²) in [7, 11) is 0. The van der Waals surface area contributed by atoms with Crippen LogP contribution in [0, 0.1) is 0 Å². The number of para-hydroxylation sites is 1. The zero-order valence-electron chi connectivity index (χ0n) is 10.1. The molecule has 1 aromatic heterocycles. The fourth-order valence-corrected chi connectivity index (χ4v) is 1.88. The van der Waals surface area contributed by atoms with Gasteiger partial charge in [-0.25, -0.2) is 4.79 Å². The molecule has 5 nitrogen and oxygen atoms in total. The maximum atomic E-state index is 11.1. The Hall–Kier alpha value is -2.30. The molecular formula is C13H15N3O2. The monoisotopic (exact) mass is 245 g/mol. The highest BCUT2D eigenvalue weighted by Gasteiger charge is 2.18. The maximum absolute atomic E-state index is 11.1. The van der Waals surface area contributed by atoms with Gasteiger partial charge in [0.15, 0.2) is 0 Å². The Morgan fingerprint density at radius 1 is 1.50 bits per heavy atom. The number of nitrogen functional groups attached to an aromatic ring is 1. The number of anilines is 1. The topological polar surface area (TPSA) is 81.1 Å². The van der Waals surface area contributed by atoms with Crippen LogP contribution in [0.15, 0.2) is 36.7 Å². The second kappa shape index (κ2) is 4.91. The number of aromatic nitrogens is 2. The molecule has 0 aliphatic carbocycles. The van der Waals surface area contributed by atoms with Crippen molar-refractivity contribution in [2.24, 2.45) is 0 Å². The molecule has 18 heavy (non-hydrogen) atoms. The van der Waals surface area contributed by atoms with Crippen LogP contribution < -0.4 is 5.73 Å². The summed E-state index contributed by atoms with van der Waals surface area (Å²) in [4.78, 5) is 11.1. The minimum atomic E-state index is -0.881. The van der Waals surface area contributed by atoms with Gasteiger partial charge in [0.2, 0.25) is 0 Å². The van der Waals surface area contributed by atoms with Gasteiger partial charge in [-0.15, -0.1) is 0 Å². The van der Waals surface area contributed by atoms with Crippen molar-refractivity contribution < 1.29 is 9.90 Å². The first-order chi connectivity index (χ1) is 8.63. The molecule has 0 amide bonds. The van der Waals surface area contributed by atoms with Crippen molar-refractivity contribution in [3.05, 3.63) is 36.7 Å². The lowest BCUT2D eigenvalue weighted by Crippen LogP contribution is -2.18. The Labute approximate surface area is 105 Å². The second-order valence-corrected chi connectivity index (χ2v) is 4.06. The molecular weight excluding hydrogens is 230 g/mol. The van der Waals surface area contributed by atoms with Crippen molar-refractivity contribution in [2.45, 2.75) is 19.4 Å². The van der Waals surface area contributed by atoms with Gasteiger partial charge in [0, 0.05) is 23.0 Å². The third kappa shape index (κ3) is 2.20. The molecule has 0 aliphatic heterocycles. The number of hydrogen-bond acceptors (Lipinski definition) is 3. The van der Waals surface area contributed by atoms with E-state index in [0.29, 0.717) is 12.1 Å². The van der Waals surface area contributed by atoms with Gasteiger partial charge in [0.25, 0.3) is 0 Å². The molecule has 0 saturated carbocycles. The van der Waals surface area contributed by atoms with Crippen molar-refractivity contribution in [3.8, 4) is 11.1 Å². The van der Waals surface area contributed by atoms with Crippen molar-refractivity contribution in [1.29, 1.82) is 0 Å². The Balaban J connectivity index is 2.36. The summed E-state index contributed by atoms with van der Waals surface area (Å²) in [5.41, 5.74) is 8.22. The van der Waals surface area contributed by atoms with Crippen molar-refractivity contribution >= 4 is 11.7 Å². The van der Waals surface area contributed by atoms with Crippen LogP contribution in [0.25, 0.3) is 11.1 Å². The summed E-state index contributed by atoms with van der Waals surface area (Å²) in [6, 6.07) is 6.80. The molecule has 0 fully saturated rings. The van der Waals surface area contributed by atoms with Crippen LogP contribution in [0.5, 0.6) is 0 Å². The van der Waals surface area contributed by atoms with Crippen LogP contribution in [0.2, 0.25) is 0 Å². The van der Waals surface area contributed by atoms with Crippen LogP contribution in [-0.4, -0.2) is 20.9 Å². The van der Waals surface area contributed by atoms with Gasteiger partial charge >= 0.3 is 5.97 Å². The molecule has 0 bridgehead atoms. The number of nitrogens with zero attached hydrogens (tertiary/aromatic N) is 2. The van der Waals surface area contributed by atoms with Crippen LogP contribution in [0.3, 0.4) is 0 Å². The summed E-state index contributed by atoms with van der Waals surface area (Å²) in [5, 5.41) is 13.2. The van der Waals surface area contributed by atoms with E-state index in [1.165, 1.54) is 4.68 Å². The van der Waals surface area contributed by atoms with Gasteiger partial charge in [-0.1, -0.05) is 25.1 Å². The Morgan fingerprint density at radius 3 is 2.83 bits per heavy atom. The Morgan fingerprint density at radius 2 is 2.22 bits per heavy atom. The van der Waals surface area contributed by atoms with E-state index in [9.17, 15) is 4.79 Å². The van der Waals surface area contributed by atoms with E-state index in [4.69, 9.17) is 10.8 Å². The summed E-state index contributed by atoms with van der Waals surface area (Å²) < 4.78 is 1.46. The van der Waals surface area contributed by atoms with E-state index in [1.807, 2.05) is 25.1 Å². The van der Waals surface area contributed by atoms with Crippen molar-refractivity contribution in [2.75, 3.05) is 5.73 Å². The van der Waals surface area contributed by atoms with Crippen LogP contribution in [-0.2, 0) is 4.79 Å². The van der Waals surface area contributed by atoms with Crippen LogP contribution >= 0.6 is 0 Å². The number of rotatable bonds is 4. The molecule has 0 saturated heterocycles. The first kappa shape index (κ1) is 12.2. The molecule has 2 aromatic rings. The number of carboxylic acid groups (broad SMARTS) is 1. The van der Waals surface area contributed by atoms with E-state index >= 15 is 0 Å². The predicted molar refractivity (Wildman–Crippen MR) is 69.0 cm³/mol. The molecule has 0 spiro atoms. The molecule has 0 radical (unpaired) electrons. The van der Waals surface area contributed by atoms with Crippen LogP contribution in [0.1, 0.15) is 19.4 Å². The molecule has 1 aromatic carbocycles. The van der Waals surface area contributed by atoms with E-state index in [0.717, 1.165) is 11.1 Å². The number of carboxylic acids is 1. The minimum Gasteiger partial charge on any atom is -0.480 e. The lowest BCUT2D eigenvalue weighted by atomic mass is 10.1. The third-order valence-corrected chi connectivity index (χ3v) is 2.86. The highest BCUT2D eigenvalue weighted by atomic mass is 16.4. The lowest BCUT2D eigenvalue weighted by molar-refractivity contribution is -0.141. The highest BCUT2D eigenvalue weighted by molar-refractivity contribution is 5.76. The van der Waals surface area contributed by atoms with Gasteiger partial charge in [0.1, 0.15) is 6.04 Å². The zero-order valence-corrected chi connectivity index (χ0v) is 10.1. The lowest BCUT2D eigenvalue weighted by Gasteiger charge is -2.09. The molecule has 94 valence electrons. The smallest absolute Gasteiger partial charge is 0.328 e. The SMILES string of the molecule is CCC(C(=O)O)n1cc(-c2ccccc2N)cn1. The van der Waals surface area contributed by atoms with E-state index in [-0.39, 0.29) is 0 Å². The Kier molecular flexibility index (Phi) is 3.32. The fourth-order valence-electron chi connectivity index (χ4n) is 1.88. The molecule has 5 heteroatoms. The number of nitrogens with two attached hydrogens (primary N) is 1. The molecule has 1 unspecified atom stereocenters. The summed E-state index contributed by atoms with van der Waals surface area (Å²) in [6.45, 7) is 1.82. The van der Waals surface area contributed by atoms with Gasteiger partial charge < -0.3 is 10.8 Å². The summed E-state index contributed by atoms with van der Waals surface area (Å²) in [6.07, 6.45) is 3.84. The minimum absolute atomic E-state index is 0.487. The molecule has 2 rings (SSSR count). The van der Waals surface area contributed by atoms with Crippen LogP contribution in [0.4, 0.5) is 5.69 Å². The van der Waals surface area contributed by atoms with Gasteiger partial charge in [-0.2, -0.15) is 5.10 Å². The van der Waals surface area contributed by atoms with Crippen molar-refractivity contribution in [1.82, 2.24) is 9.78 Å². The normalized spacial score (nSPS) is 12.3. The number of aliphatic carboxylic acids is 1. The molecule has 3 N–H and O–H groups in total. The van der Waals surface area contributed by atoms with Gasteiger partial charge in [-0.05, 0) is 12.5 Å². The predicted octanol–water partition coefficient (Wildman–Crippen LogP) is 2.17. The summed E-state index contributed by atoms with van der Waals surface area (Å²) in [5.74, 6) is -0.881. The first-order valence-corrected chi connectivity index (χ1v) is 5.75. The third-order valence-electron chi connectivity index (χ3n) is 2.86. The quantitative estimate of drug-likeness (QED) is 0.809. The Bertz CT molecular complexity index is 563. The van der Waals surface area contributed by atoms with Gasteiger partial charge in [0.05, 0.1) is 6.20 Å². The molecule has 0 aliphatic rings. The molecule has 1 heterocycles. The zero-order chi connectivity index (χ0) is 13.1. The number of hydrogen-bond donors (Lipinski definition) is 2. The highest BCUT2D eigenvalue weighted by Crippen LogP contribution is 2.26. The average molecular weight is 245 g/mol. The van der Waals surface area contributed by atoms with Gasteiger partial charge in [-0.3, -0.25) is 4.68 Å². The number of carbonyl (C=O) groups is 1. The largest absolute Gasteiger partial charge is 0.480 e. The van der Waals surface area contributed by atoms with E-state index < -0.39 is 12.0 Å². The molecule has 1 atom stereocenters. The number of benzene rings is 1. The second-order valence-electron chi connectivity index (χ2n) is 4.06. The van der Waals surface area contributed by atoms with E-state index in [1.54, 1.807) is 18.5 Å². The van der Waals surface area contributed by atoms with E-state index in [2.05, 4.69) is 5.10 Å². The standard InChI is InChI=1S/C13H15N3O2/c1-2-12(13(17)18)16-8-9(7-15-16)10-5-3-4-6-11(10)14/h3-8,12H,2,14H2,1H3,(H,17,18). The van der Waals surface area contributed by atoms with Crippen molar-refractivity contribution in [3.63, 3.8) is 0 Å². The fraction of sp³-hybridized carbons (Fsp3) is 0.231.